The molecule has 1 heterocycles. The number of carboxylic acids is 1. The fourth-order valence-electron chi connectivity index (χ4n) is 2.00. The van der Waals surface area contributed by atoms with Gasteiger partial charge in [-0.05, 0) is 23.8 Å². The summed E-state index contributed by atoms with van der Waals surface area (Å²) < 4.78 is 0. The molecule has 0 aliphatic carbocycles. The Bertz CT molecular complexity index is 690. The number of anilines is 1. The van der Waals surface area contributed by atoms with Crippen LogP contribution in [0.5, 0.6) is 0 Å². The minimum atomic E-state index is -1.24. The number of nitrogens with one attached hydrogen (secondary N) is 1. The Morgan fingerprint density at radius 2 is 1.91 bits per heavy atom. The van der Waals surface area contributed by atoms with Crippen molar-refractivity contribution in [3.05, 3.63) is 47.7 Å². The number of benzene rings is 1. The number of hydrogen-bond acceptors (Lipinski definition) is 4. The molecule has 0 atom stereocenters. The summed E-state index contributed by atoms with van der Waals surface area (Å²) in [7, 11) is 3.90. The fraction of sp³-hybridized carbons (Fsp3) is 0.188. The first-order valence-corrected chi connectivity index (χ1v) is 6.89. The summed E-state index contributed by atoms with van der Waals surface area (Å²) in [4.78, 5) is 36.7. The van der Waals surface area contributed by atoms with Crippen molar-refractivity contribution in [1.82, 2.24) is 10.2 Å². The van der Waals surface area contributed by atoms with Gasteiger partial charge >= 0.3 is 12.0 Å². The Kier molecular flexibility index (Phi) is 4.80. The summed E-state index contributed by atoms with van der Waals surface area (Å²) in [5.41, 5.74) is 2.06. The zero-order chi connectivity index (χ0) is 17.0. The summed E-state index contributed by atoms with van der Waals surface area (Å²) >= 11 is 0. The van der Waals surface area contributed by atoms with E-state index >= 15 is 0 Å². The molecule has 0 bridgehead atoms. The van der Waals surface area contributed by atoms with E-state index in [1.165, 1.54) is 6.08 Å². The zero-order valence-corrected chi connectivity index (χ0v) is 12.8. The van der Waals surface area contributed by atoms with Gasteiger partial charge in [0.1, 0.15) is 12.2 Å². The normalized spacial score (nSPS) is 16.3. The van der Waals surface area contributed by atoms with Gasteiger partial charge in [0.25, 0.3) is 5.91 Å². The van der Waals surface area contributed by atoms with Crippen molar-refractivity contribution in [2.24, 2.45) is 0 Å². The Morgan fingerprint density at radius 1 is 1.26 bits per heavy atom. The van der Waals surface area contributed by atoms with Gasteiger partial charge in [-0.3, -0.25) is 9.59 Å². The molecule has 0 unspecified atom stereocenters. The van der Waals surface area contributed by atoms with E-state index in [4.69, 9.17) is 5.11 Å². The predicted octanol–water partition coefficient (Wildman–Crippen LogP) is 1.29. The molecule has 1 aliphatic heterocycles. The third kappa shape index (κ3) is 3.97. The zero-order valence-electron chi connectivity index (χ0n) is 12.8. The van der Waals surface area contributed by atoms with Crippen LogP contribution in [-0.2, 0) is 9.59 Å². The number of rotatable bonds is 5. The monoisotopic (exact) mass is 315 g/mol. The largest absolute Gasteiger partial charge is 0.480 e. The van der Waals surface area contributed by atoms with E-state index in [2.05, 4.69) is 5.32 Å². The first-order chi connectivity index (χ1) is 10.9. The van der Waals surface area contributed by atoms with Crippen molar-refractivity contribution in [1.29, 1.82) is 0 Å². The van der Waals surface area contributed by atoms with E-state index in [1.54, 1.807) is 12.2 Å². The molecule has 1 saturated heterocycles. The van der Waals surface area contributed by atoms with Gasteiger partial charge in [0.05, 0.1) is 0 Å². The maximum Gasteiger partial charge on any atom is 0.329 e. The van der Waals surface area contributed by atoms with Crippen LogP contribution >= 0.6 is 0 Å². The summed E-state index contributed by atoms with van der Waals surface area (Å²) in [5, 5.41) is 11.0. The first-order valence-electron chi connectivity index (χ1n) is 6.89. The van der Waals surface area contributed by atoms with Crippen molar-refractivity contribution < 1.29 is 19.5 Å². The molecule has 7 heteroatoms. The molecule has 1 aromatic carbocycles. The molecule has 120 valence electrons. The van der Waals surface area contributed by atoms with Crippen LogP contribution < -0.4 is 10.2 Å². The van der Waals surface area contributed by atoms with Gasteiger partial charge in [-0.2, -0.15) is 0 Å². The lowest BCUT2D eigenvalue weighted by molar-refractivity contribution is -0.140. The number of carboxylic acid groups (broad SMARTS) is 1. The average Bonchev–Trinajstić information content (AvgIpc) is 2.75. The number of carbonyl (C=O) groups excluding carboxylic acids is 2. The minimum absolute atomic E-state index is 0.0532. The van der Waals surface area contributed by atoms with Crippen LogP contribution in [0.4, 0.5) is 10.5 Å². The molecule has 2 rings (SSSR count). The van der Waals surface area contributed by atoms with Gasteiger partial charge < -0.3 is 15.3 Å². The van der Waals surface area contributed by atoms with E-state index in [0.717, 1.165) is 11.3 Å². The highest BCUT2D eigenvalue weighted by Gasteiger charge is 2.34. The number of urea groups is 1. The van der Waals surface area contributed by atoms with Gasteiger partial charge in [0.15, 0.2) is 0 Å². The lowest BCUT2D eigenvalue weighted by Crippen LogP contribution is -2.35. The van der Waals surface area contributed by atoms with Gasteiger partial charge in [-0.15, -0.1) is 0 Å². The summed E-state index contributed by atoms with van der Waals surface area (Å²) in [6.45, 7) is -0.655. The number of carbonyl (C=O) groups is 3. The predicted molar refractivity (Wildman–Crippen MR) is 85.8 cm³/mol. The molecule has 0 spiro atoms. The van der Waals surface area contributed by atoms with E-state index in [0.29, 0.717) is 4.90 Å². The number of amides is 3. The second kappa shape index (κ2) is 6.78. The van der Waals surface area contributed by atoms with E-state index in [9.17, 15) is 14.4 Å². The summed E-state index contributed by atoms with van der Waals surface area (Å²) in [5.74, 6) is -1.89. The fourth-order valence-corrected chi connectivity index (χ4v) is 2.00. The molecule has 1 aromatic rings. The SMILES string of the molecule is CN(C)c1ccc(/C=C/C=C2/NC(=O)N(CC(=O)O)C2=O)cc1. The lowest BCUT2D eigenvalue weighted by Gasteiger charge is -2.11. The van der Waals surface area contributed by atoms with Crippen molar-refractivity contribution in [2.45, 2.75) is 0 Å². The molecule has 7 nitrogen and oxygen atoms in total. The Hall–Kier alpha value is -3.09. The molecule has 1 aliphatic rings. The second-order valence-electron chi connectivity index (χ2n) is 5.14. The number of imide groups is 1. The maximum atomic E-state index is 11.9. The van der Waals surface area contributed by atoms with Crippen LogP contribution in [0.15, 0.2) is 42.1 Å². The van der Waals surface area contributed by atoms with Gasteiger partial charge in [0, 0.05) is 19.8 Å². The van der Waals surface area contributed by atoms with E-state index in [-0.39, 0.29) is 5.70 Å². The average molecular weight is 315 g/mol. The molecule has 23 heavy (non-hydrogen) atoms. The van der Waals surface area contributed by atoms with Gasteiger partial charge in [-0.25, -0.2) is 9.69 Å². The van der Waals surface area contributed by atoms with E-state index in [1.807, 2.05) is 43.3 Å². The highest BCUT2D eigenvalue weighted by molar-refractivity contribution is 6.13. The number of aliphatic carboxylic acids is 1. The van der Waals surface area contributed by atoms with Crippen molar-refractivity contribution >= 4 is 29.7 Å². The lowest BCUT2D eigenvalue weighted by atomic mass is 10.2. The Balaban J connectivity index is 2.06. The topological polar surface area (TPSA) is 90.0 Å². The molecule has 0 saturated carbocycles. The van der Waals surface area contributed by atoms with Crippen molar-refractivity contribution in [2.75, 3.05) is 25.5 Å². The van der Waals surface area contributed by atoms with Crippen LogP contribution in [-0.4, -0.2) is 48.6 Å². The third-order valence-corrected chi connectivity index (χ3v) is 3.22. The van der Waals surface area contributed by atoms with Crippen LogP contribution in [0.3, 0.4) is 0 Å². The molecular weight excluding hydrogens is 298 g/mol. The Morgan fingerprint density at radius 3 is 2.48 bits per heavy atom. The quantitative estimate of drug-likeness (QED) is 0.631. The maximum absolute atomic E-state index is 11.9. The smallest absolute Gasteiger partial charge is 0.329 e. The standard InChI is InChI=1S/C16H17N3O4/c1-18(2)12-8-6-11(7-9-12)4-3-5-13-15(22)19(10-14(20)21)16(23)17-13/h3-9H,10H2,1-2H3,(H,17,23)(H,20,21)/b4-3+,13-5+. The number of allylic oxidation sites excluding steroid dienone is 2. The first kappa shape index (κ1) is 16.3. The minimum Gasteiger partial charge on any atom is -0.480 e. The molecule has 1 fully saturated rings. The van der Waals surface area contributed by atoms with E-state index < -0.39 is 24.5 Å². The highest BCUT2D eigenvalue weighted by atomic mass is 16.4. The third-order valence-electron chi connectivity index (χ3n) is 3.22. The molecule has 3 amide bonds. The van der Waals surface area contributed by atoms with Crippen LogP contribution in [0.25, 0.3) is 6.08 Å². The molecule has 2 N–H and O–H groups in total. The number of nitrogens with zero attached hydrogens (tertiary/aromatic N) is 2. The van der Waals surface area contributed by atoms with Crippen LogP contribution in [0, 0.1) is 0 Å². The van der Waals surface area contributed by atoms with Crippen LogP contribution in [0.1, 0.15) is 5.56 Å². The Labute approximate surface area is 133 Å². The number of hydrogen-bond donors (Lipinski definition) is 2. The van der Waals surface area contributed by atoms with Gasteiger partial charge in [0.2, 0.25) is 0 Å². The highest BCUT2D eigenvalue weighted by Crippen LogP contribution is 2.14. The van der Waals surface area contributed by atoms with Crippen LogP contribution in [0.2, 0.25) is 0 Å². The molecule has 0 radical (unpaired) electrons. The molecular formula is C16H17N3O4. The second-order valence-corrected chi connectivity index (χ2v) is 5.14. The summed E-state index contributed by atoms with van der Waals surface area (Å²) in [6.07, 6.45) is 4.86. The van der Waals surface area contributed by atoms with Crippen molar-refractivity contribution in [3.63, 3.8) is 0 Å². The van der Waals surface area contributed by atoms with Gasteiger partial charge in [-0.1, -0.05) is 24.3 Å². The van der Waals surface area contributed by atoms with Crippen molar-refractivity contribution in [3.8, 4) is 0 Å². The summed E-state index contributed by atoms with van der Waals surface area (Å²) in [6, 6.07) is 7.05. The molecule has 0 aromatic heterocycles.